The lowest BCUT2D eigenvalue weighted by molar-refractivity contribution is 0.0950. The van der Waals surface area contributed by atoms with E-state index in [0.29, 0.717) is 12.1 Å². The zero-order valence-electron chi connectivity index (χ0n) is 14.7. The average Bonchev–Trinajstić information content (AvgIpc) is 2.65. The fraction of sp³-hybridized carbons (Fsp3) is 0.278. The zero-order chi connectivity index (χ0) is 18.3. The summed E-state index contributed by atoms with van der Waals surface area (Å²) in [4.78, 5) is 12.2. The molecule has 1 amide bonds. The Balaban J connectivity index is 0.00000338. The molecular weight excluding hydrogens is 374 g/mol. The van der Waals surface area contributed by atoms with Crippen molar-refractivity contribution in [1.29, 1.82) is 0 Å². The molecule has 2 aromatic carbocycles. The monoisotopic (exact) mass is 397 g/mol. The number of halogens is 1. The second kappa shape index (κ2) is 10.3. The number of sulfonamides is 1. The van der Waals surface area contributed by atoms with E-state index in [1.54, 1.807) is 12.1 Å². The quantitative estimate of drug-likeness (QED) is 0.635. The van der Waals surface area contributed by atoms with Crippen molar-refractivity contribution >= 4 is 28.3 Å². The van der Waals surface area contributed by atoms with E-state index >= 15 is 0 Å². The minimum atomic E-state index is -3.69. The maximum absolute atomic E-state index is 12.4. The van der Waals surface area contributed by atoms with Crippen LogP contribution in [0.3, 0.4) is 0 Å². The molecule has 1 atom stereocenters. The highest BCUT2D eigenvalue weighted by atomic mass is 35.5. The first-order valence-corrected chi connectivity index (χ1v) is 9.50. The molecule has 0 aliphatic rings. The SMILES string of the molecule is CNC(C)CNC(=O)c1cccc(S(=O)(=O)NCc2ccccc2)c1.Cl. The van der Waals surface area contributed by atoms with E-state index in [1.807, 2.05) is 44.3 Å². The van der Waals surface area contributed by atoms with Gasteiger partial charge in [0.2, 0.25) is 10.0 Å². The maximum Gasteiger partial charge on any atom is 0.251 e. The van der Waals surface area contributed by atoms with Gasteiger partial charge < -0.3 is 10.6 Å². The molecule has 0 bridgehead atoms. The van der Waals surface area contributed by atoms with E-state index in [1.165, 1.54) is 12.1 Å². The van der Waals surface area contributed by atoms with Gasteiger partial charge >= 0.3 is 0 Å². The molecule has 0 radical (unpaired) electrons. The molecule has 0 saturated carbocycles. The third-order valence-corrected chi connectivity index (χ3v) is 5.18. The summed E-state index contributed by atoms with van der Waals surface area (Å²) in [5, 5.41) is 5.79. The number of carbonyl (C=O) groups is 1. The van der Waals surface area contributed by atoms with Gasteiger partial charge in [0.15, 0.2) is 0 Å². The molecule has 2 rings (SSSR count). The van der Waals surface area contributed by atoms with Gasteiger partial charge in [-0.2, -0.15) is 0 Å². The van der Waals surface area contributed by atoms with Crippen LogP contribution in [0.5, 0.6) is 0 Å². The number of nitrogens with one attached hydrogen (secondary N) is 3. The summed E-state index contributed by atoms with van der Waals surface area (Å²) in [7, 11) is -1.88. The predicted octanol–water partition coefficient (Wildman–Crippen LogP) is 1.92. The Hall–Kier alpha value is -1.93. The standard InChI is InChI=1S/C18H23N3O3S.ClH/c1-14(19-2)12-20-18(22)16-9-6-10-17(11-16)25(23,24)21-13-15-7-4-3-5-8-15;/h3-11,14,19,21H,12-13H2,1-2H3,(H,20,22);1H. The summed E-state index contributed by atoms with van der Waals surface area (Å²) in [5.41, 5.74) is 1.17. The predicted molar refractivity (Wildman–Crippen MR) is 105 cm³/mol. The lowest BCUT2D eigenvalue weighted by atomic mass is 10.2. The van der Waals surface area contributed by atoms with Gasteiger partial charge in [0, 0.05) is 24.7 Å². The summed E-state index contributed by atoms with van der Waals surface area (Å²) < 4.78 is 27.4. The largest absolute Gasteiger partial charge is 0.350 e. The Morgan fingerprint density at radius 2 is 1.77 bits per heavy atom. The van der Waals surface area contributed by atoms with Crippen molar-refractivity contribution in [2.24, 2.45) is 0 Å². The van der Waals surface area contributed by atoms with Gasteiger partial charge in [-0.05, 0) is 37.7 Å². The number of rotatable bonds is 8. The van der Waals surface area contributed by atoms with E-state index in [9.17, 15) is 13.2 Å². The van der Waals surface area contributed by atoms with E-state index in [-0.39, 0.29) is 35.8 Å². The molecule has 142 valence electrons. The van der Waals surface area contributed by atoms with Crippen molar-refractivity contribution in [2.45, 2.75) is 24.4 Å². The topological polar surface area (TPSA) is 87.3 Å². The van der Waals surface area contributed by atoms with Crippen LogP contribution < -0.4 is 15.4 Å². The highest BCUT2D eigenvalue weighted by Crippen LogP contribution is 2.12. The van der Waals surface area contributed by atoms with Crippen molar-refractivity contribution in [3.63, 3.8) is 0 Å². The highest BCUT2D eigenvalue weighted by Gasteiger charge is 2.16. The molecule has 26 heavy (non-hydrogen) atoms. The third-order valence-electron chi connectivity index (χ3n) is 3.78. The molecule has 0 spiro atoms. The molecule has 0 saturated heterocycles. The number of amides is 1. The summed E-state index contributed by atoms with van der Waals surface area (Å²) in [6.07, 6.45) is 0. The Labute approximate surface area is 160 Å². The smallest absolute Gasteiger partial charge is 0.251 e. The molecule has 0 fully saturated rings. The van der Waals surface area contributed by atoms with E-state index in [0.717, 1.165) is 5.56 Å². The summed E-state index contributed by atoms with van der Waals surface area (Å²) in [5.74, 6) is -0.304. The minimum Gasteiger partial charge on any atom is -0.350 e. The van der Waals surface area contributed by atoms with E-state index in [2.05, 4.69) is 15.4 Å². The summed E-state index contributed by atoms with van der Waals surface area (Å²) >= 11 is 0. The van der Waals surface area contributed by atoms with Gasteiger partial charge in [-0.3, -0.25) is 4.79 Å². The fourth-order valence-corrected chi connectivity index (χ4v) is 3.18. The van der Waals surface area contributed by atoms with Gasteiger partial charge in [0.1, 0.15) is 0 Å². The summed E-state index contributed by atoms with van der Waals surface area (Å²) in [6, 6.07) is 15.4. The number of hydrogen-bond donors (Lipinski definition) is 3. The molecule has 1 unspecified atom stereocenters. The van der Waals surface area contributed by atoms with Crippen LogP contribution >= 0.6 is 12.4 Å². The molecule has 0 aromatic heterocycles. The van der Waals surface area contributed by atoms with Crippen LogP contribution in [-0.4, -0.2) is 34.0 Å². The third kappa shape index (κ3) is 6.42. The Morgan fingerprint density at radius 1 is 1.08 bits per heavy atom. The van der Waals surface area contributed by atoms with Gasteiger partial charge in [-0.25, -0.2) is 13.1 Å². The second-order valence-electron chi connectivity index (χ2n) is 5.74. The number of benzene rings is 2. The van der Waals surface area contributed by atoms with Crippen LogP contribution in [0.4, 0.5) is 0 Å². The van der Waals surface area contributed by atoms with Crippen molar-refractivity contribution in [3.05, 3.63) is 65.7 Å². The first-order chi connectivity index (χ1) is 11.9. The Morgan fingerprint density at radius 3 is 2.42 bits per heavy atom. The van der Waals surface area contributed by atoms with E-state index < -0.39 is 10.0 Å². The van der Waals surface area contributed by atoms with Crippen LogP contribution in [0, 0.1) is 0 Å². The van der Waals surface area contributed by atoms with Crippen molar-refractivity contribution in [1.82, 2.24) is 15.4 Å². The zero-order valence-corrected chi connectivity index (χ0v) is 16.4. The molecule has 0 heterocycles. The number of hydrogen-bond acceptors (Lipinski definition) is 4. The van der Waals surface area contributed by atoms with Crippen LogP contribution in [0.25, 0.3) is 0 Å². The first-order valence-electron chi connectivity index (χ1n) is 8.01. The average molecular weight is 398 g/mol. The first kappa shape index (κ1) is 22.1. The number of carbonyl (C=O) groups excluding carboxylic acids is 1. The normalized spacial score (nSPS) is 12.1. The maximum atomic E-state index is 12.4. The van der Waals surface area contributed by atoms with Crippen molar-refractivity contribution in [2.75, 3.05) is 13.6 Å². The van der Waals surface area contributed by atoms with Crippen molar-refractivity contribution < 1.29 is 13.2 Å². The van der Waals surface area contributed by atoms with Crippen LogP contribution in [0.2, 0.25) is 0 Å². The molecule has 8 heteroatoms. The molecule has 0 aliphatic heterocycles. The van der Waals surface area contributed by atoms with Gasteiger partial charge in [-0.15, -0.1) is 12.4 Å². The summed E-state index contributed by atoms with van der Waals surface area (Å²) in [6.45, 7) is 2.59. The lowest BCUT2D eigenvalue weighted by Crippen LogP contribution is -2.37. The fourth-order valence-electron chi connectivity index (χ4n) is 2.11. The molecule has 3 N–H and O–H groups in total. The van der Waals surface area contributed by atoms with Crippen molar-refractivity contribution in [3.8, 4) is 0 Å². The minimum absolute atomic E-state index is 0. The van der Waals surface area contributed by atoms with Crippen LogP contribution in [-0.2, 0) is 16.6 Å². The van der Waals surface area contributed by atoms with E-state index in [4.69, 9.17) is 0 Å². The Kier molecular flexibility index (Phi) is 8.74. The number of likely N-dealkylation sites (N-methyl/N-ethyl adjacent to an activating group) is 1. The molecule has 0 aliphatic carbocycles. The lowest BCUT2D eigenvalue weighted by Gasteiger charge is -2.12. The molecular formula is C18H24ClN3O3S. The Bertz CT molecular complexity index is 813. The van der Waals surface area contributed by atoms with Gasteiger partial charge in [0.05, 0.1) is 4.90 Å². The highest BCUT2D eigenvalue weighted by molar-refractivity contribution is 7.89. The van der Waals surface area contributed by atoms with Crippen LogP contribution in [0.1, 0.15) is 22.8 Å². The second-order valence-corrected chi connectivity index (χ2v) is 7.50. The molecule has 6 nitrogen and oxygen atoms in total. The van der Waals surface area contributed by atoms with Gasteiger partial charge in [0.25, 0.3) is 5.91 Å². The van der Waals surface area contributed by atoms with Crippen LogP contribution in [0.15, 0.2) is 59.5 Å². The molecule has 2 aromatic rings. The van der Waals surface area contributed by atoms with Gasteiger partial charge in [-0.1, -0.05) is 36.4 Å².